The van der Waals surface area contributed by atoms with E-state index in [4.69, 9.17) is 4.74 Å². The number of ether oxygens (including phenoxy) is 1. The summed E-state index contributed by atoms with van der Waals surface area (Å²) in [5.41, 5.74) is 1.93. The van der Waals surface area contributed by atoms with E-state index in [0.717, 1.165) is 43.0 Å². The van der Waals surface area contributed by atoms with Gasteiger partial charge in [0, 0.05) is 31.7 Å². The van der Waals surface area contributed by atoms with Crippen LogP contribution in [0, 0.1) is 0 Å². The minimum Gasteiger partial charge on any atom is -0.369 e. The molecule has 2 aromatic rings. The molecule has 0 radical (unpaired) electrons. The van der Waals surface area contributed by atoms with Gasteiger partial charge >= 0.3 is 0 Å². The summed E-state index contributed by atoms with van der Waals surface area (Å²) in [5, 5.41) is 5.68. The number of rotatable bonds is 2. The summed E-state index contributed by atoms with van der Waals surface area (Å²) >= 11 is 0. The maximum atomic E-state index is 5.87. The molecule has 1 unspecified atom stereocenters. The Morgan fingerprint density at radius 2 is 2.39 bits per heavy atom. The zero-order chi connectivity index (χ0) is 12.5. The third-order valence-corrected chi connectivity index (χ3v) is 3.53. The van der Waals surface area contributed by atoms with E-state index in [9.17, 15) is 0 Å². The molecule has 1 atom stereocenters. The Morgan fingerprint density at radius 3 is 3.22 bits per heavy atom. The van der Waals surface area contributed by atoms with Crippen LogP contribution in [0.5, 0.6) is 0 Å². The molecular weight excluding hydrogens is 228 g/mol. The van der Waals surface area contributed by atoms with Crippen molar-refractivity contribution in [1.29, 1.82) is 0 Å². The predicted octanol–water partition coefficient (Wildman–Crippen LogP) is 1.36. The topological polar surface area (TPSA) is 43.2 Å². The molecular formula is C13H18N4O. The third-order valence-electron chi connectivity index (χ3n) is 3.53. The molecule has 0 aromatic carbocycles. The van der Waals surface area contributed by atoms with Crippen molar-refractivity contribution in [2.24, 2.45) is 7.05 Å². The first-order valence-electron chi connectivity index (χ1n) is 6.41. The van der Waals surface area contributed by atoms with Gasteiger partial charge in [-0.1, -0.05) is 6.92 Å². The summed E-state index contributed by atoms with van der Waals surface area (Å²) < 4.78 is 7.70. The number of aromatic nitrogens is 3. The molecule has 18 heavy (non-hydrogen) atoms. The first-order chi connectivity index (χ1) is 8.79. The Morgan fingerprint density at radius 1 is 1.50 bits per heavy atom. The second-order valence-corrected chi connectivity index (χ2v) is 4.64. The number of hydrogen-bond donors (Lipinski definition) is 0. The van der Waals surface area contributed by atoms with Gasteiger partial charge in [0.2, 0.25) is 0 Å². The van der Waals surface area contributed by atoms with Gasteiger partial charge in [0.05, 0.1) is 6.61 Å². The summed E-state index contributed by atoms with van der Waals surface area (Å²) in [7, 11) is 1.93. The van der Waals surface area contributed by atoms with Crippen LogP contribution in [0.15, 0.2) is 18.3 Å². The van der Waals surface area contributed by atoms with Crippen molar-refractivity contribution in [3.63, 3.8) is 0 Å². The summed E-state index contributed by atoms with van der Waals surface area (Å²) in [6.07, 6.45) is 1.86. The largest absolute Gasteiger partial charge is 0.369 e. The van der Waals surface area contributed by atoms with Crippen molar-refractivity contribution in [2.45, 2.75) is 13.0 Å². The monoisotopic (exact) mass is 246 g/mol. The van der Waals surface area contributed by atoms with E-state index in [2.05, 4.69) is 28.0 Å². The van der Waals surface area contributed by atoms with Crippen LogP contribution in [-0.2, 0) is 11.8 Å². The lowest BCUT2D eigenvalue weighted by Gasteiger charge is -2.31. The molecule has 0 aliphatic carbocycles. The van der Waals surface area contributed by atoms with Crippen molar-refractivity contribution in [1.82, 2.24) is 19.7 Å². The lowest BCUT2D eigenvalue weighted by Crippen LogP contribution is -2.38. The second kappa shape index (κ2) is 4.66. The Balaban J connectivity index is 1.98. The van der Waals surface area contributed by atoms with Crippen LogP contribution in [0.25, 0.3) is 11.0 Å². The number of pyridine rings is 1. The van der Waals surface area contributed by atoms with Gasteiger partial charge < -0.3 is 4.74 Å². The average molecular weight is 246 g/mol. The number of morpholine rings is 1. The fourth-order valence-electron chi connectivity index (χ4n) is 2.51. The van der Waals surface area contributed by atoms with Crippen LogP contribution in [-0.4, -0.2) is 45.9 Å². The minimum absolute atomic E-state index is 0.0617. The lowest BCUT2D eigenvalue weighted by atomic mass is 10.1. The van der Waals surface area contributed by atoms with Crippen molar-refractivity contribution < 1.29 is 4.74 Å². The summed E-state index contributed by atoms with van der Waals surface area (Å²) in [5.74, 6) is 0. The maximum absolute atomic E-state index is 5.87. The van der Waals surface area contributed by atoms with Crippen molar-refractivity contribution in [3.8, 4) is 0 Å². The fraction of sp³-hybridized carbons (Fsp3) is 0.538. The predicted molar refractivity (Wildman–Crippen MR) is 69.3 cm³/mol. The van der Waals surface area contributed by atoms with E-state index < -0.39 is 0 Å². The Kier molecular flexibility index (Phi) is 3.01. The average Bonchev–Trinajstić information content (AvgIpc) is 2.77. The van der Waals surface area contributed by atoms with Crippen molar-refractivity contribution in [2.75, 3.05) is 26.2 Å². The SMILES string of the molecule is CCN1CCOC(c2nn(C)c3ncccc23)C1. The molecule has 0 N–H and O–H groups in total. The summed E-state index contributed by atoms with van der Waals surface area (Å²) in [6.45, 7) is 5.94. The molecule has 2 aromatic heterocycles. The highest BCUT2D eigenvalue weighted by atomic mass is 16.5. The van der Waals surface area contributed by atoms with Gasteiger partial charge in [-0.2, -0.15) is 5.10 Å². The quantitative estimate of drug-likeness (QED) is 0.802. The minimum atomic E-state index is 0.0617. The van der Waals surface area contributed by atoms with Crippen LogP contribution in [0.4, 0.5) is 0 Å². The first-order valence-corrected chi connectivity index (χ1v) is 6.41. The van der Waals surface area contributed by atoms with Crippen LogP contribution in [0.1, 0.15) is 18.7 Å². The van der Waals surface area contributed by atoms with Gasteiger partial charge in [-0.3, -0.25) is 9.58 Å². The molecule has 0 amide bonds. The number of likely N-dealkylation sites (N-methyl/N-ethyl adjacent to an activating group) is 1. The van der Waals surface area contributed by atoms with Gasteiger partial charge in [-0.25, -0.2) is 4.98 Å². The molecule has 5 nitrogen and oxygen atoms in total. The zero-order valence-corrected chi connectivity index (χ0v) is 10.8. The highest BCUT2D eigenvalue weighted by Crippen LogP contribution is 2.27. The Labute approximate surface area is 106 Å². The fourth-order valence-corrected chi connectivity index (χ4v) is 2.51. The molecule has 0 spiro atoms. The van der Waals surface area contributed by atoms with E-state index in [0.29, 0.717) is 0 Å². The van der Waals surface area contributed by atoms with Crippen LogP contribution < -0.4 is 0 Å². The van der Waals surface area contributed by atoms with E-state index in [-0.39, 0.29) is 6.10 Å². The van der Waals surface area contributed by atoms with Gasteiger partial charge in [0.25, 0.3) is 0 Å². The number of aryl methyl sites for hydroxylation is 1. The number of hydrogen-bond acceptors (Lipinski definition) is 4. The zero-order valence-electron chi connectivity index (χ0n) is 10.8. The third kappa shape index (κ3) is 1.89. The summed E-state index contributed by atoms with van der Waals surface area (Å²) in [6, 6.07) is 4.02. The molecule has 3 rings (SSSR count). The van der Waals surface area contributed by atoms with Crippen molar-refractivity contribution in [3.05, 3.63) is 24.0 Å². The van der Waals surface area contributed by atoms with Gasteiger partial charge in [0.1, 0.15) is 11.8 Å². The molecule has 1 aliphatic heterocycles. The van der Waals surface area contributed by atoms with E-state index in [1.54, 1.807) is 6.20 Å². The summed E-state index contributed by atoms with van der Waals surface area (Å²) in [4.78, 5) is 6.76. The first kappa shape index (κ1) is 11.6. The van der Waals surface area contributed by atoms with Crippen LogP contribution in [0.3, 0.4) is 0 Å². The van der Waals surface area contributed by atoms with E-state index in [1.165, 1.54) is 0 Å². The standard InChI is InChI=1S/C13H18N4O/c1-3-17-7-8-18-11(9-17)12-10-5-4-6-14-13(10)16(2)15-12/h4-6,11H,3,7-9H2,1-2H3. The Hall–Kier alpha value is -1.46. The molecule has 3 heterocycles. The van der Waals surface area contributed by atoms with Crippen LogP contribution >= 0.6 is 0 Å². The molecule has 1 saturated heterocycles. The molecule has 0 bridgehead atoms. The second-order valence-electron chi connectivity index (χ2n) is 4.64. The molecule has 96 valence electrons. The van der Waals surface area contributed by atoms with E-state index >= 15 is 0 Å². The lowest BCUT2D eigenvalue weighted by molar-refractivity contribution is -0.0298. The molecule has 5 heteroatoms. The molecule has 0 saturated carbocycles. The highest BCUT2D eigenvalue weighted by molar-refractivity contribution is 5.78. The normalized spacial score (nSPS) is 21.6. The highest BCUT2D eigenvalue weighted by Gasteiger charge is 2.25. The molecule has 1 aliphatic rings. The molecule has 1 fully saturated rings. The van der Waals surface area contributed by atoms with Gasteiger partial charge in [-0.15, -0.1) is 0 Å². The van der Waals surface area contributed by atoms with Gasteiger partial charge in [0.15, 0.2) is 5.65 Å². The smallest absolute Gasteiger partial charge is 0.157 e. The van der Waals surface area contributed by atoms with Crippen molar-refractivity contribution >= 4 is 11.0 Å². The Bertz CT molecular complexity index is 551. The van der Waals surface area contributed by atoms with Gasteiger partial charge in [-0.05, 0) is 18.7 Å². The number of fused-ring (bicyclic) bond motifs is 1. The van der Waals surface area contributed by atoms with E-state index in [1.807, 2.05) is 17.8 Å². The maximum Gasteiger partial charge on any atom is 0.157 e. The van der Waals surface area contributed by atoms with Crippen LogP contribution in [0.2, 0.25) is 0 Å². The number of nitrogens with zero attached hydrogens (tertiary/aromatic N) is 4.